The molecule has 0 aliphatic heterocycles. The summed E-state index contributed by atoms with van der Waals surface area (Å²) in [6.45, 7) is 4.57. The molecule has 0 aliphatic carbocycles. The first-order chi connectivity index (χ1) is 15.8. The topological polar surface area (TPSA) is 133 Å². The Morgan fingerprint density at radius 1 is 1.09 bits per heavy atom. The van der Waals surface area contributed by atoms with E-state index in [0.29, 0.717) is 28.9 Å². The molecule has 0 bridgehead atoms. The highest BCUT2D eigenvalue weighted by Gasteiger charge is 2.13. The predicted octanol–water partition coefficient (Wildman–Crippen LogP) is 2.31. The summed E-state index contributed by atoms with van der Waals surface area (Å²) in [4.78, 5) is 24.4. The summed E-state index contributed by atoms with van der Waals surface area (Å²) in [7, 11) is 0. The molecule has 10 heteroatoms. The number of hydrogen-bond donors (Lipinski definition) is 2. The van der Waals surface area contributed by atoms with E-state index < -0.39 is 18.0 Å². The molecule has 0 fully saturated rings. The van der Waals surface area contributed by atoms with Gasteiger partial charge in [0, 0.05) is 18.1 Å². The number of esters is 2. The van der Waals surface area contributed by atoms with Crippen molar-refractivity contribution in [3.05, 3.63) is 54.6 Å². The van der Waals surface area contributed by atoms with Gasteiger partial charge in [-0.05, 0) is 37.6 Å². The molecular formula is C23H25N3O7. The number of aliphatic hydroxyl groups excluding tert-OH is 1. The van der Waals surface area contributed by atoms with Gasteiger partial charge in [-0.3, -0.25) is 4.79 Å². The zero-order valence-electron chi connectivity index (χ0n) is 18.1. The van der Waals surface area contributed by atoms with Crippen LogP contribution in [0.1, 0.15) is 19.8 Å². The number of phenols is 1. The van der Waals surface area contributed by atoms with Crippen LogP contribution < -0.4 is 4.74 Å². The van der Waals surface area contributed by atoms with Crippen LogP contribution in [0.2, 0.25) is 0 Å². The van der Waals surface area contributed by atoms with Crippen LogP contribution in [0.5, 0.6) is 11.5 Å². The van der Waals surface area contributed by atoms with Gasteiger partial charge in [0.05, 0.1) is 6.61 Å². The van der Waals surface area contributed by atoms with Crippen molar-refractivity contribution in [1.82, 2.24) is 15.0 Å². The highest BCUT2D eigenvalue weighted by atomic mass is 16.6. The molecule has 2 N–H and O–H groups in total. The maximum absolute atomic E-state index is 11.8. The molecule has 3 aromatic rings. The van der Waals surface area contributed by atoms with Crippen molar-refractivity contribution in [2.24, 2.45) is 0 Å². The Balaban J connectivity index is 1.39. The third-order valence-electron chi connectivity index (χ3n) is 4.43. The van der Waals surface area contributed by atoms with Crippen LogP contribution in [0, 0.1) is 0 Å². The van der Waals surface area contributed by atoms with Gasteiger partial charge in [0.2, 0.25) is 0 Å². The number of aromatic hydroxyl groups is 1. The Morgan fingerprint density at radius 3 is 2.39 bits per heavy atom. The lowest BCUT2D eigenvalue weighted by molar-refractivity contribution is -0.150. The minimum atomic E-state index is -1.11. The fraction of sp³-hybridized carbons (Fsp3) is 0.304. The van der Waals surface area contributed by atoms with Crippen molar-refractivity contribution in [1.29, 1.82) is 0 Å². The lowest BCUT2D eigenvalue weighted by Gasteiger charge is -2.12. The average Bonchev–Trinajstić information content (AvgIpc) is 3.22. The van der Waals surface area contributed by atoms with E-state index in [2.05, 4.69) is 16.8 Å². The molecule has 0 radical (unpaired) electrons. The van der Waals surface area contributed by atoms with Crippen LogP contribution in [0.3, 0.4) is 0 Å². The first kappa shape index (κ1) is 23.7. The Kier molecular flexibility index (Phi) is 7.98. The van der Waals surface area contributed by atoms with E-state index in [1.54, 1.807) is 12.1 Å². The summed E-state index contributed by atoms with van der Waals surface area (Å²) >= 11 is 0. The lowest BCUT2D eigenvalue weighted by atomic mass is 10.3. The maximum Gasteiger partial charge on any atom is 0.333 e. The highest BCUT2D eigenvalue weighted by Crippen LogP contribution is 2.27. The molecule has 2 aromatic carbocycles. The number of rotatable bonds is 11. The van der Waals surface area contributed by atoms with Crippen molar-refractivity contribution in [2.45, 2.75) is 25.9 Å². The molecule has 0 aliphatic rings. The van der Waals surface area contributed by atoms with Gasteiger partial charge in [0.25, 0.3) is 0 Å². The fourth-order valence-electron chi connectivity index (χ4n) is 2.74. The van der Waals surface area contributed by atoms with E-state index in [9.17, 15) is 19.8 Å². The number of fused-ring (bicyclic) bond motifs is 1. The summed E-state index contributed by atoms with van der Waals surface area (Å²) in [6, 6.07) is 12.1. The summed E-state index contributed by atoms with van der Waals surface area (Å²) in [5.41, 5.74) is 2.05. The van der Waals surface area contributed by atoms with Gasteiger partial charge in [-0.1, -0.05) is 18.7 Å². The van der Waals surface area contributed by atoms with Gasteiger partial charge in [0.15, 0.2) is 0 Å². The van der Waals surface area contributed by atoms with Crippen LogP contribution in [-0.2, 0) is 19.1 Å². The summed E-state index contributed by atoms with van der Waals surface area (Å²) in [5.74, 6) is -0.755. The number of hydrogen-bond acceptors (Lipinski definition) is 9. The van der Waals surface area contributed by atoms with E-state index in [1.165, 1.54) is 17.8 Å². The zero-order valence-corrected chi connectivity index (χ0v) is 18.1. The average molecular weight is 455 g/mol. The van der Waals surface area contributed by atoms with Crippen molar-refractivity contribution in [3.8, 4) is 17.2 Å². The molecule has 174 valence electrons. The fourth-order valence-corrected chi connectivity index (χ4v) is 2.74. The Hall–Kier alpha value is -3.92. The van der Waals surface area contributed by atoms with Gasteiger partial charge >= 0.3 is 11.9 Å². The van der Waals surface area contributed by atoms with Crippen molar-refractivity contribution in [3.63, 3.8) is 0 Å². The number of benzene rings is 2. The molecule has 0 spiro atoms. The molecule has 1 heterocycles. The molecule has 3 rings (SSSR count). The number of aliphatic hydroxyl groups is 1. The SMILES string of the molecule is C=C(C)C(=O)OCC(O)COC(=O)CCCOc1ccc(-n2nc3ccccc3n2)c(O)c1. The molecule has 1 unspecified atom stereocenters. The largest absolute Gasteiger partial charge is 0.505 e. The molecule has 0 saturated heterocycles. The molecule has 0 amide bonds. The second-order valence-electron chi connectivity index (χ2n) is 7.30. The second kappa shape index (κ2) is 11.1. The van der Waals surface area contributed by atoms with Crippen molar-refractivity contribution < 1.29 is 34.0 Å². The van der Waals surface area contributed by atoms with E-state index in [1.807, 2.05) is 24.3 Å². The third-order valence-corrected chi connectivity index (χ3v) is 4.43. The maximum atomic E-state index is 11.8. The minimum Gasteiger partial charge on any atom is -0.505 e. The third kappa shape index (κ3) is 6.78. The molecule has 33 heavy (non-hydrogen) atoms. The van der Waals surface area contributed by atoms with E-state index in [4.69, 9.17) is 14.2 Å². The second-order valence-corrected chi connectivity index (χ2v) is 7.30. The summed E-state index contributed by atoms with van der Waals surface area (Å²) in [6.07, 6.45) is -0.669. The number of aromatic nitrogens is 3. The van der Waals surface area contributed by atoms with Crippen LogP contribution in [0.4, 0.5) is 0 Å². The Labute approximate surface area is 190 Å². The number of carbonyl (C=O) groups is 2. The molecule has 0 saturated carbocycles. The predicted molar refractivity (Wildman–Crippen MR) is 118 cm³/mol. The summed E-state index contributed by atoms with van der Waals surface area (Å²) < 4.78 is 15.3. The van der Waals surface area contributed by atoms with E-state index >= 15 is 0 Å². The standard InChI is InChI=1S/C23H25N3O7/c1-15(2)23(30)33-14-16(27)13-32-22(29)8-5-11-31-17-9-10-20(21(28)12-17)26-24-18-6-3-4-7-19(18)25-26/h3-4,6-7,9-10,12,16,27-28H,1,5,8,11,13-14H2,2H3. The lowest BCUT2D eigenvalue weighted by Crippen LogP contribution is -2.25. The van der Waals surface area contributed by atoms with Crippen molar-refractivity contribution in [2.75, 3.05) is 19.8 Å². The van der Waals surface area contributed by atoms with Gasteiger partial charge < -0.3 is 24.4 Å². The highest BCUT2D eigenvalue weighted by molar-refractivity contribution is 5.86. The van der Waals surface area contributed by atoms with Gasteiger partial charge in [0.1, 0.15) is 47.5 Å². The number of phenolic OH excluding ortho intramolecular Hbond substituents is 1. The summed E-state index contributed by atoms with van der Waals surface area (Å²) in [5, 5.41) is 28.7. The number of ether oxygens (including phenoxy) is 3. The van der Waals surface area contributed by atoms with Gasteiger partial charge in [-0.15, -0.1) is 15.0 Å². The van der Waals surface area contributed by atoms with Crippen LogP contribution in [-0.4, -0.2) is 63.1 Å². The Bertz CT molecular complexity index is 1110. The number of nitrogens with zero attached hydrogens (tertiary/aromatic N) is 3. The zero-order chi connectivity index (χ0) is 23.8. The first-order valence-corrected chi connectivity index (χ1v) is 10.3. The minimum absolute atomic E-state index is 0.0476. The number of carbonyl (C=O) groups excluding carboxylic acids is 2. The van der Waals surface area contributed by atoms with E-state index in [0.717, 1.165) is 0 Å². The first-order valence-electron chi connectivity index (χ1n) is 10.3. The smallest absolute Gasteiger partial charge is 0.333 e. The normalized spacial score (nSPS) is 11.7. The van der Waals surface area contributed by atoms with Crippen LogP contribution in [0.25, 0.3) is 16.7 Å². The molecule has 10 nitrogen and oxygen atoms in total. The molecule has 1 aromatic heterocycles. The van der Waals surface area contributed by atoms with E-state index in [-0.39, 0.29) is 37.6 Å². The molecule has 1 atom stereocenters. The van der Waals surface area contributed by atoms with Gasteiger partial charge in [-0.25, -0.2) is 4.79 Å². The van der Waals surface area contributed by atoms with Gasteiger partial charge in [-0.2, -0.15) is 0 Å². The van der Waals surface area contributed by atoms with Crippen molar-refractivity contribution >= 4 is 23.0 Å². The monoisotopic (exact) mass is 455 g/mol. The quantitative estimate of drug-likeness (QED) is 0.254. The molecular weight excluding hydrogens is 430 g/mol. The van der Waals surface area contributed by atoms with Crippen LogP contribution >= 0.6 is 0 Å². The Morgan fingerprint density at radius 2 is 1.76 bits per heavy atom. The van der Waals surface area contributed by atoms with Crippen LogP contribution in [0.15, 0.2) is 54.6 Å².